The number of rotatable bonds is 0. The summed E-state index contributed by atoms with van der Waals surface area (Å²) in [4.78, 5) is 11.2. The molecule has 0 aromatic rings. The second-order valence-corrected chi connectivity index (χ2v) is 3.50. The Morgan fingerprint density at radius 1 is 1.21 bits per heavy atom. The molecule has 0 aromatic heterocycles. The van der Waals surface area contributed by atoms with Crippen molar-refractivity contribution in [2.45, 2.75) is 6.54 Å². The first-order chi connectivity index (χ1) is 6.84. The Hall–Kier alpha value is -1.83. The van der Waals surface area contributed by atoms with Crippen LogP contribution in [0, 0.1) is 0 Å². The molecule has 2 aliphatic heterocycles. The molecule has 0 unspecified atom stereocenters. The topological polar surface area (TPSA) is 22.0 Å². The molecule has 0 saturated carbocycles. The quantitative estimate of drug-likeness (QED) is 0.612. The normalized spacial score (nSPS) is 13.4. The Labute approximate surface area is 81.5 Å². The summed E-state index contributed by atoms with van der Waals surface area (Å²) in [7, 11) is 0. The third kappa shape index (κ3) is 0.940. The standard InChI is InChI=1S/C12H9NO/c14-10-3-4-11-9(8-10)5-7-13-6-1-2-12(11)13/h1-5,7-8H,6H2. The van der Waals surface area contributed by atoms with Crippen LogP contribution < -0.4 is 5.43 Å². The molecule has 0 amide bonds. The number of pyridine rings is 1. The first-order valence-electron chi connectivity index (χ1n) is 4.64. The highest BCUT2D eigenvalue weighted by atomic mass is 16.1. The van der Waals surface area contributed by atoms with Crippen molar-refractivity contribution in [3.63, 3.8) is 0 Å². The summed E-state index contributed by atoms with van der Waals surface area (Å²) in [6.07, 6.45) is 6.25. The maximum Gasteiger partial charge on any atom is 0.179 e. The van der Waals surface area contributed by atoms with Crippen LogP contribution in [0.1, 0.15) is 5.69 Å². The Morgan fingerprint density at radius 2 is 2.14 bits per heavy atom. The maximum atomic E-state index is 11.2. The molecule has 0 bridgehead atoms. The van der Waals surface area contributed by atoms with Gasteiger partial charge in [0.15, 0.2) is 5.43 Å². The third-order valence-corrected chi connectivity index (χ3v) is 2.62. The van der Waals surface area contributed by atoms with Crippen LogP contribution in [0.15, 0.2) is 41.3 Å². The zero-order valence-corrected chi connectivity index (χ0v) is 7.60. The highest BCUT2D eigenvalue weighted by molar-refractivity contribution is 5.75. The zero-order chi connectivity index (χ0) is 9.54. The lowest BCUT2D eigenvalue weighted by Gasteiger charge is -2.11. The van der Waals surface area contributed by atoms with E-state index in [0.717, 1.165) is 17.7 Å². The fraction of sp³-hybridized carbons (Fsp3) is 0.0833. The molecule has 0 radical (unpaired) electrons. The zero-order valence-electron chi connectivity index (χ0n) is 7.60. The van der Waals surface area contributed by atoms with E-state index in [1.165, 1.54) is 5.69 Å². The Kier molecular flexibility index (Phi) is 1.39. The summed E-state index contributed by atoms with van der Waals surface area (Å²) in [6, 6.07) is 7.20. The van der Waals surface area contributed by atoms with Crippen LogP contribution in [0.2, 0.25) is 0 Å². The summed E-state index contributed by atoms with van der Waals surface area (Å²) < 4.78 is 2.17. The van der Waals surface area contributed by atoms with E-state index < -0.39 is 0 Å². The molecule has 0 N–H and O–H groups in total. The van der Waals surface area contributed by atoms with Gasteiger partial charge in [-0.3, -0.25) is 4.79 Å². The van der Waals surface area contributed by atoms with Crippen LogP contribution in [-0.4, -0.2) is 4.57 Å². The van der Waals surface area contributed by atoms with Crippen LogP contribution in [0.3, 0.4) is 0 Å². The Bertz CT molecular complexity index is 551. The van der Waals surface area contributed by atoms with Gasteiger partial charge < -0.3 is 4.57 Å². The van der Waals surface area contributed by atoms with Gasteiger partial charge in [-0.1, -0.05) is 6.08 Å². The smallest absolute Gasteiger partial charge is 0.179 e. The predicted molar refractivity (Wildman–Crippen MR) is 56.4 cm³/mol. The van der Waals surface area contributed by atoms with Gasteiger partial charge in [0.25, 0.3) is 0 Å². The average molecular weight is 183 g/mol. The number of nitrogens with zero attached hydrogens (tertiary/aromatic N) is 1. The lowest BCUT2D eigenvalue weighted by atomic mass is 10.0. The van der Waals surface area contributed by atoms with Crippen molar-refractivity contribution in [1.82, 2.24) is 4.57 Å². The van der Waals surface area contributed by atoms with E-state index in [9.17, 15) is 4.79 Å². The predicted octanol–water partition coefficient (Wildman–Crippen LogP) is 1.98. The van der Waals surface area contributed by atoms with Crippen molar-refractivity contribution in [2.24, 2.45) is 0 Å². The molecule has 0 atom stereocenters. The average Bonchev–Trinajstić information content (AvgIpc) is 2.65. The van der Waals surface area contributed by atoms with Crippen molar-refractivity contribution in [3.8, 4) is 11.1 Å². The van der Waals surface area contributed by atoms with Gasteiger partial charge in [0, 0.05) is 24.0 Å². The van der Waals surface area contributed by atoms with E-state index in [-0.39, 0.29) is 5.43 Å². The number of benzene rings is 1. The van der Waals surface area contributed by atoms with Gasteiger partial charge in [-0.15, -0.1) is 0 Å². The summed E-state index contributed by atoms with van der Waals surface area (Å²) in [5.41, 5.74) is 3.45. The fourth-order valence-electron chi connectivity index (χ4n) is 1.94. The van der Waals surface area contributed by atoms with Crippen LogP contribution in [0.4, 0.5) is 0 Å². The third-order valence-electron chi connectivity index (χ3n) is 2.62. The molecule has 68 valence electrons. The van der Waals surface area contributed by atoms with Gasteiger partial charge in [-0.25, -0.2) is 0 Å². The number of hydrogen-bond acceptors (Lipinski definition) is 1. The largest absolute Gasteiger partial charge is 0.344 e. The molecule has 0 spiro atoms. The number of allylic oxidation sites excluding steroid dienone is 1. The van der Waals surface area contributed by atoms with Crippen LogP contribution in [0.5, 0.6) is 0 Å². The van der Waals surface area contributed by atoms with Crippen molar-refractivity contribution < 1.29 is 0 Å². The molecule has 3 aliphatic rings. The summed E-state index contributed by atoms with van der Waals surface area (Å²) in [5, 5.41) is 0. The van der Waals surface area contributed by atoms with Gasteiger partial charge in [0.2, 0.25) is 0 Å². The van der Waals surface area contributed by atoms with Crippen molar-refractivity contribution >= 4 is 6.08 Å². The second kappa shape index (κ2) is 2.58. The number of hydrogen-bond donors (Lipinski definition) is 0. The van der Waals surface area contributed by atoms with Gasteiger partial charge >= 0.3 is 0 Å². The van der Waals surface area contributed by atoms with Crippen molar-refractivity contribution in [3.05, 3.63) is 52.5 Å². The molecular formula is C12H9NO. The molecular weight excluding hydrogens is 174 g/mol. The summed E-state index contributed by atoms with van der Waals surface area (Å²) in [6.45, 7) is 0.935. The van der Waals surface area contributed by atoms with Crippen LogP contribution in [0.25, 0.3) is 17.2 Å². The summed E-state index contributed by atoms with van der Waals surface area (Å²) >= 11 is 0. The summed E-state index contributed by atoms with van der Waals surface area (Å²) in [5.74, 6) is 0. The second-order valence-electron chi connectivity index (χ2n) is 3.50. The van der Waals surface area contributed by atoms with Gasteiger partial charge in [0.1, 0.15) is 0 Å². The SMILES string of the molecule is O=c1ccc2c3n(ccc-2c1)CC=C3. The molecule has 3 rings (SSSR count). The highest BCUT2D eigenvalue weighted by Crippen LogP contribution is 2.27. The maximum absolute atomic E-state index is 11.2. The molecule has 0 aromatic carbocycles. The van der Waals surface area contributed by atoms with E-state index in [1.807, 2.05) is 18.3 Å². The van der Waals surface area contributed by atoms with E-state index in [1.54, 1.807) is 12.1 Å². The fourth-order valence-corrected chi connectivity index (χ4v) is 1.94. The van der Waals surface area contributed by atoms with E-state index >= 15 is 0 Å². The Morgan fingerprint density at radius 3 is 3.07 bits per heavy atom. The molecule has 2 heteroatoms. The first kappa shape index (κ1) is 7.56. The minimum absolute atomic E-state index is 0.0735. The van der Waals surface area contributed by atoms with Crippen LogP contribution in [-0.2, 0) is 6.54 Å². The first-order valence-corrected chi connectivity index (χ1v) is 4.64. The molecule has 0 saturated heterocycles. The minimum atomic E-state index is 0.0735. The van der Waals surface area contributed by atoms with E-state index in [2.05, 4.69) is 16.7 Å². The number of fused-ring (bicyclic) bond motifs is 3. The van der Waals surface area contributed by atoms with Gasteiger partial charge in [-0.2, -0.15) is 0 Å². The lowest BCUT2D eigenvalue weighted by molar-refractivity contribution is 0.830. The van der Waals surface area contributed by atoms with E-state index in [4.69, 9.17) is 0 Å². The minimum Gasteiger partial charge on any atom is -0.344 e. The van der Waals surface area contributed by atoms with Crippen molar-refractivity contribution in [2.75, 3.05) is 0 Å². The van der Waals surface area contributed by atoms with Crippen LogP contribution >= 0.6 is 0 Å². The molecule has 2 nitrogen and oxygen atoms in total. The Balaban J connectivity index is 2.43. The van der Waals surface area contributed by atoms with Gasteiger partial charge in [0.05, 0.1) is 0 Å². The van der Waals surface area contributed by atoms with Gasteiger partial charge in [-0.05, 0) is 35.9 Å². The highest BCUT2D eigenvalue weighted by Gasteiger charge is 2.11. The van der Waals surface area contributed by atoms with E-state index in [0.29, 0.717) is 0 Å². The lowest BCUT2D eigenvalue weighted by Crippen LogP contribution is -2.03. The van der Waals surface area contributed by atoms with Crippen molar-refractivity contribution in [1.29, 1.82) is 0 Å². The molecule has 1 aliphatic carbocycles. The number of aromatic nitrogens is 1. The molecule has 14 heavy (non-hydrogen) atoms. The molecule has 2 heterocycles. The molecule has 0 fully saturated rings. The monoisotopic (exact) mass is 183 g/mol.